The molecular weight excluding hydrogens is 298 g/mol. The van der Waals surface area contributed by atoms with Crippen LogP contribution in [0.2, 0.25) is 5.02 Å². The molecule has 3 unspecified atom stereocenters. The van der Waals surface area contributed by atoms with E-state index < -0.39 is 0 Å². The third-order valence-corrected chi connectivity index (χ3v) is 5.35. The number of hydrogen-bond acceptors (Lipinski definition) is 3. The molecule has 120 valence electrons. The number of hydrogen-bond donors (Lipinski definition) is 0. The molecule has 1 saturated carbocycles. The summed E-state index contributed by atoms with van der Waals surface area (Å²) < 4.78 is 0. The molecule has 5 heteroatoms. The Labute approximate surface area is 137 Å². The minimum atomic E-state index is 0.333. The van der Waals surface area contributed by atoms with Crippen molar-refractivity contribution in [1.29, 1.82) is 0 Å². The van der Waals surface area contributed by atoms with Crippen LogP contribution in [0.4, 0.5) is 0 Å². The van der Waals surface area contributed by atoms with Crippen molar-refractivity contribution in [3.63, 3.8) is 0 Å². The van der Waals surface area contributed by atoms with E-state index in [1.165, 1.54) is 0 Å². The fraction of sp³-hybridized carbons (Fsp3) is 0.647. The standard InChI is InChI=1S/C17H24ClN3O/c1-20(2)16-10-12(14-7-6-13(18)11-19-14)5-8-15(16)21-9-3-4-17(21)22/h6-7,11-12,15-16H,3-5,8-10H2,1-2H3. The number of pyridine rings is 1. The highest BCUT2D eigenvalue weighted by atomic mass is 35.5. The topological polar surface area (TPSA) is 36.4 Å². The highest BCUT2D eigenvalue weighted by molar-refractivity contribution is 6.30. The molecule has 2 fully saturated rings. The maximum atomic E-state index is 12.1. The fourth-order valence-electron chi connectivity index (χ4n) is 3.97. The summed E-state index contributed by atoms with van der Waals surface area (Å²) in [5.41, 5.74) is 1.13. The zero-order chi connectivity index (χ0) is 15.7. The Kier molecular flexibility index (Phi) is 4.69. The highest BCUT2D eigenvalue weighted by Gasteiger charge is 2.39. The lowest BCUT2D eigenvalue weighted by Gasteiger charge is -2.43. The van der Waals surface area contributed by atoms with Gasteiger partial charge < -0.3 is 9.80 Å². The van der Waals surface area contributed by atoms with Gasteiger partial charge >= 0.3 is 0 Å². The first-order valence-electron chi connectivity index (χ1n) is 8.13. The van der Waals surface area contributed by atoms with E-state index >= 15 is 0 Å². The van der Waals surface area contributed by atoms with Crippen molar-refractivity contribution in [2.24, 2.45) is 0 Å². The normalized spacial score (nSPS) is 29.4. The second-order valence-electron chi connectivity index (χ2n) is 6.70. The molecule has 3 atom stereocenters. The summed E-state index contributed by atoms with van der Waals surface area (Å²) in [6.45, 7) is 0.928. The van der Waals surface area contributed by atoms with Gasteiger partial charge in [0.1, 0.15) is 0 Å². The predicted octanol–water partition coefficient (Wildman–Crippen LogP) is 2.92. The monoisotopic (exact) mass is 321 g/mol. The molecule has 1 aliphatic carbocycles. The molecule has 1 aliphatic heterocycles. The van der Waals surface area contributed by atoms with Gasteiger partial charge in [0.2, 0.25) is 5.91 Å². The lowest BCUT2D eigenvalue weighted by atomic mass is 9.79. The van der Waals surface area contributed by atoms with Gasteiger partial charge in [-0.25, -0.2) is 0 Å². The molecule has 1 aromatic heterocycles. The molecule has 22 heavy (non-hydrogen) atoms. The van der Waals surface area contributed by atoms with Crippen LogP contribution in [0.3, 0.4) is 0 Å². The van der Waals surface area contributed by atoms with Crippen LogP contribution in [0.5, 0.6) is 0 Å². The zero-order valence-electron chi connectivity index (χ0n) is 13.3. The summed E-state index contributed by atoms with van der Waals surface area (Å²) >= 11 is 5.94. The van der Waals surface area contributed by atoms with E-state index in [0.717, 1.165) is 44.3 Å². The van der Waals surface area contributed by atoms with Crippen LogP contribution in [-0.2, 0) is 4.79 Å². The zero-order valence-corrected chi connectivity index (χ0v) is 14.1. The van der Waals surface area contributed by atoms with Crippen LogP contribution >= 0.6 is 11.6 Å². The molecule has 2 aliphatic rings. The molecule has 0 radical (unpaired) electrons. The molecular formula is C17H24ClN3O. The van der Waals surface area contributed by atoms with E-state index in [1.807, 2.05) is 12.1 Å². The number of aromatic nitrogens is 1. The van der Waals surface area contributed by atoms with Crippen LogP contribution < -0.4 is 0 Å². The number of amides is 1. The van der Waals surface area contributed by atoms with Gasteiger partial charge in [0, 0.05) is 42.9 Å². The van der Waals surface area contributed by atoms with Crippen molar-refractivity contribution in [2.45, 2.75) is 50.1 Å². The average Bonchev–Trinajstić information content (AvgIpc) is 2.93. The molecule has 0 aromatic carbocycles. The van der Waals surface area contributed by atoms with Crippen molar-refractivity contribution >= 4 is 17.5 Å². The Balaban J connectivity index is 1.75. The summed E-state index contributed by atoms with van der Waals surface area (Å²) in [5, 5.41) is 0.684. The van der Waals surface area contributed by atoms with Gasteiger partial charge in [0.25, 0.3) is 0 Å². The van der Waals surface area contributed by atoms with Gasteiger partial charge in [-0.15, -0.1) is 0 Å². The number of carbonyl (C=O) groups is 1. The minimum absolute atomic E-state index is 0.333. The molecule has 4 nitrogen and oxygen atoms in total. The van der Waals surface area contributed by atoms with Crippen LogP contribution in [-0.4, -0.2) is 53.4 Å². The van der Waals surface area contributed by atoms with Gasteiger partial charge in [-0.05, 0) is 51.9 Å². The van der Waals surface area contributed by atoms with E-state index in [0.29, 0.717) is 28.9 Å². The van der Waals surface area contributed by atoms with Crippen molar-refractivity contribution in [1.82, 2.24) is 14.8 Å². The van der Waals surface area contributed by atoms with Crippen molar-refractivity contribution < 1.29 is 4.79 Å². The van der Waals surface area contributed by atoms with Gasteiger partial charge in [-0.3, -0.25) is 9.78 Å². The summed E-state index contributed by atoms with van der Waals surface area (Å²) in [7, 11) is 4.24. The van der Waals surface area contributed by atoms with Gasteiger partial charge in [-0.2, -0.15) is 0 Å². The van der Waals surface area contributed by atoms with Crippen LogP contribution in [0, 0.1) is 0 Å². The molecule has 0 bridgehead atoms. The Morgan fingerprint density at radius 3 is 2.73 bits per heavy atom. The van der Waals surface area contributed by atoms with Gasteiger partial charge in [0.15, 0.2) is 0 Å². The number of nitrogens with zero attached hydrogens (tertiary/aromatic N) is 3. The van der Waals surface area contributed by atoms with E-state index in [-0.39, 0.29) is 0 Å². The fourth-order valence-corrected chi connectivity index (χ4v) is 4.08. The van der Waals surface area contributed by atoms with E-state index in [4.69, 9.17) is 11.6 Å². The Bertz CT molecular complexity index is 531. The maximum absolute atomic E-state index is 12.1. The smallest absolute Gasteiger partial charge is 0.222 e. The number of likely N-dealkylation sites (N-methyl/N-ethyl adjacent to an activating group) is 1. The van der Waals surface area contributed by atoms with Crippen LogP contribution in [0.25, 0.3) is 0 Å². The van der Waals surface area contributed by atoms with E-state index in [1.54, 1.807) is 6.20 Å². The van der Waals surface area contributed by atoms with Crippen LogP contribution in [0.15, 0.2) is 18.3 Å². The summed E-state index contributed by atoms with van der Waals surface area (Å²) in [6, 6.07) is 4.72. The Hall–Kier alpha value is -1.13. The predicted molar refractivity (Wildman–Crippen MR) is 88.0 cm³/mol. The average molecular weight is 322 g/mol. The summed E-state index contributed by atoms with van der Waals surface area (Å²) in [4.78, 5) is 21.0. The lowest BCUT2D eigenvalue weighted by molar-refractivity contribution is -0.131. The second-order valence-corrected chi connectivity index (χ2v) is 7.14. The number of halogens is 1. The maximum Gasteiger partial charge on any atom is 0.222 e. The number of rotatable bonds is 3. The Morgan fingerprint density at radius 1 is 1.32 bits per heavy atom. The molecule has 0 N–H and O–H groups in total. The molecule has 1 saturated heterocycles. The molecule has 0 spiro atoms. The first kappa shape index (κ1) is 15.8. The van der Waals surface area contributed by atoms with Gasteiger partial charge in [0.05, 0.1) is 5.02 Å². The van der Waals surface area contributed by atoms with Gasteiger partial charge in [-0.1, -0.05) is 11.6 Å². The second kappa shape index (κ2) is 6.55. The SMILES string of the molecule is CN(C)C1CC(c2ccc(Cl)cn2)CCC1N1CCCC1=O. The Morgan fingerprint density at radius 2 is 2.14 bits per heavy atom. The van der Waals surface area contributed by atoms with Crippen molar-refractivity contribution in [2.75, 3.05) is 20.6 Å². The summed E-state index contributed by atoms with van der Waals surface area (Å²) in [6.07, 6.45) is 6.67. The number of carbonyl (C=O) groups excluding carboxylic acids is 1. The molecule has 3 rings (SSSR count). The van der Waals surface area contributed by atoms with E-state index in [9.17, 15) is 4.79 Å². The quantitative estimate of drug-likeness (QED) is 0.859. The minimum Gasteiger partial charge on any atom is -0.338 e. The third-order valence-electron chi connectivity index (χ3n) is 5.12. The first-order valence-corrected chi connectivity index (χ1v) is 8.51. The third kappa shape index (κ3) is 3.13. The van der Waals surface area contributed by atoms with E-state index in [2.05, 4.69) is 28.9 Å². The number of likely N-dealkylation sites (tertiary alicyclic amines) is 1. The summed E-state index contributed by atoms with van der Waals surface area (Å²) in [5.74, 6) is 0.790. The molecule has 1 amide bonds. The van der Waals surface area contributed by atoms with Crippen molar-refractivity contribution in [3.8, 4) is 0 Å². The molecule has 2 heterocycles. The first-order chi connectivity index (χ1) is 10.6. The highest BCUT2D eigenvalue weighted by Crippen LogP contribution is 2.37. The lowest BCUT2D eigenvalue weighted by Crippen LogP contribution is -2.52. The van der Waals surface area contributed by atoms with Crippen LogP contribution in [0.1, 0.15) is 43.7 Å². The van der Waals surface area contributed by atoms with Crippen molar-refractivity contribution in [3.05, 3.63) is 29.0 Å². The molecule has 1 aromatic rings. The largest absolute Gasteiger partial charge is 0.338 e.